The maximum absolute atomic E-state index is 12.3. The van der Waals surface area contributed by atoms with Crippen LogP contribution in [0.1, 0.15) is 22.7 Å². The summed E-state index contributed by atoms with van der Waals surface area (Å²) in [7, 11) is 0. The Labute approximate surface area is 121 Å². The molecule has 2 aromatic heterocycles. The number of nitrogens with zero attached hydrogens (tertiary/aromatic N) is 3. The number of carbonyl (C=O) groups is 2. The fourth-order valence-corrected chi connectivity index (χ4v) is 2.26. The second-order valence-corrected chi connectivity index (χ2v) is 4.86. The summed E-state index contributed by atoms with van der Waals surface area (Å²) < 4.78 is 7.31. The molecule has 0 radical (unpaired) electrons. The molecule has 1 aliphatic rings. The van der Waals surface area contributed by atoms with E-state index in [2.05, 4.69) is 10.4 Å². The van der Waals surface area contributed by atoms with Gasteiger partial charge in [-0.15, -0.1) is 0 Å². The number of rotatable bonds is 3. The van der Waals surface area contributed by atoms with Crippen molar-refractivity contribution in [1.82, 2.24) is 20.0 Å². The second-order valence-electron chi connectivity index (χ2n) is 4.86. The van der Waals surface area contributed by atoms with Crippen LogP contribution in [0.25, 0.3) is 0 Å². The van der Waals surface area contributed by atoms with Crippen molar-refractivity contribution < 1.29 is 14.0 Å². The molecule has 0 unspecified atom stereocenters. The number of nitrogens with one attached hydrogen (secondary N) is 1. The summed E-state index contributed by atoms with van der Waals surface area (Å²) in [5.74, 6) is 0.764. The van der Waals surface area contributed by atoms with Crippen LogP contribution in [0.2, 0.25) is 0 Å². The van der Waals surface area contributed by atoms with Crippen molar-refractivity contribution in [2.45, 2.75) is 13.0 Å². The maximum atomic E-state index is 12.3. The van der Waals surface area contributed by atoms with Crippen LogP contribution in [0.4, 0.5) is 0 Å². The molecule has 2 amide bonds. The Kier molecular flexibility index (Phi) is 3.72. The van der Waals surface area contributed by atoms with Crippen LogP contribution in [-0.2, 0) is 11.3 Å². The molecular formula is C14H16N4O3. The van der Waals surface area contributed by atoms with Gasteiger partial charge in [0.25, 0.3) is 5.91 Å². The van der Waals surface area contributed by atoms with Crippen LogP contribution in [0, 0.1) is 0 Å². The lowest BCUT2D eigenvalue weighted by Crippen LogP contribution is -2.34. The number of hydrogen-bond acceptors (Lipinski definition) is 4. The number of hydrogen-bond donors (Lipinski definition) is 1. The molecule has 0 spiro atoms. The molecule has 2 aromatic rings. The maximum Gasteiger partial charge on any atom is 0.289 e. The van der Waals surface area contributed by atoms with Gasteiger partial charge in [-0.05, 0) is 18.2 Å². The summed E-state index contributed by atoms with van der Waals surface area (Å²) in [5, 5.41) is 6.83. The van der Waals surface area contributed by atoms with Gasteiger partial charge in [0, 0.05) is 38.4 Å². The third-order valence-electron chi connectivity index (χ3n) is 3.35. The summed E-state index contributed by atoms with van der Waals surface area (Å²) in [4.78, 5) is 25.3. The Balaban J connectivity index is 1.67. The molecule has 7 heteroatoms. The summed E-state index contributed by atoms with van der Waals surface area (Å²) in [5.41, 5.74) is 0. The van der Waals surface area contributed by atoms with Gasteiger partial charge in [0.15, 0.2) is 5.76 Å². The van der Waals surface area contributed by atoms with Crippen molar-refractivity contribution in [3.05, 3.63) is 42.1 Å². The van der Waals surface area contributed by atoms with Crippen molar-refractivity contribution in [3.63, 3.8) is 0 Å². The Morgan fingerprint density at radius 3 is 3.10 bits per heavy atom. The molecule has 0 aliphatic carbocycles. The first-order valence-electron chi connectivity index (χ1n) is 6.84. The first-order valence-corrected chi connectivity index (χ1v) is 6.84. The number of furan rings is 1. The molecule has 0 bridgehead atoms. The van der Waals surface area contributed by atoms with Gasteiger partial charge in [-0.1, -0.05) is 0 Å². The van der Waals surface area contributed by atoms with Gasteiger partial charge >= 0.3 is 0 Å². The lowest BCUT2D eigenvalue weighted by atomic mass is 10.3. The van der Waals surface area contributed by atoms with Gasteiger partial charge in [0.2, 0.25) is 5.91 Å². The average Bonchev–Trinajstić information content (AvgIpc) is 3.10. The Morgan fingerprint density at radius 1 is 1.38 bits per heavy atom. The molecule has 1 fully saturated rings. The second kappa shape index (κ2) is 5.82. The minimum atomic E-state index is -0.182. The smallest absolute Gasteiger partial charge is 0.289 e. The van der Waals surface area contributed by atoms with Gasteiger partial charge in [-0.2, -0.15) is 5.10 Å². The normalized spacial score (nSPS) is 15.6. The number of carbonyl (C=O) groups excluding carboxylic acids is 2. The van der Waals surface area contributed by atoms with E-state index < -0.39 is 0 Å². The van der Waals surface area contributed by atoms with Crippen molar-refractivity contribution in [2.24, 2.45) is 0 Å². The molecule has 3 rings (SSSR count). The highest BCUT2D eigenvalue weighted by atomic mass is 16.4. The van der Waals surface area contributed by atoms with Crippen LogP contribution in [0.5, 0.6) is 0 Å². The first-order chi connectivity index (χ1) is 10.2. The van der Waals surface area contributed by atoms with Crippen molar-refractivity contribution in [1.29, 1.82) is 0 Å². The third-order valence-corrected chi connectivity index (χ3v) is 3.35. The summed E-state index contributed by atoms with van der Waals surface area (Å²) in [6, 6.07) is 5.27. The van der Waals surface area contributed by atoms with Crippen LogP contribution >= 0.6 is 0 Å². The highest BCUT2D eigenvalue weighted by Gasteiger charge is 2.22. The molecule has 0 aromatic carbocycles. The molecule has 3 heterocycles. The van der Waals surface area contributed by atoms with Crippen LogP contribution < -0.4 is 5.32 Å². The largest absolute Gasteiger partial charge is 0.454 e. The summed E-state index contributed by atoms with van der Waals surface area (Å²) in [6.45, 7) is 1.88. The lowest BCUT2D eigenvalue weighted by molar-refractivity contribution is -0.120. The van der Waals surface area contributed by atoms with Gasteiger partial charge in [0.1, 0.15) is 5.76 Å². The molecule has 1 aliphatic heterocycles. The first kappa shape index (κ1) is 13.4. The molecule has 7 nitrogen and oxygen atoms in total. The molecule has 21 heavy (non-hydrogen) atoms. The molecule has 0 atom stereocenters. The predicted octanol–water partition coefficient (Wildman–Crippen LogP) is 0.487. The van der Waals surface area contributed by atoms with Crippen molar-refractivity contribution in [2.75, 3.05) is 19.6 Å². The van der Waals surface area contributed by atoms with E-state index in [-0.39, 0.29) is 11.8 Å². The Hall–Kier alpha value is -2.57. The average molecular weight is 288 g/mol. The van der Waals surface area contributed by atoms with E-state index in [0.29, 0.717) is 44.1 Å². The lowest BCUT2D eigenvalue weighted by Gasteiger charge is -2.17. The minimum absolute atomic E-state index is 0.0240. The zero-order valence-electron chi connectivity index (χ0n) is 11.5. The Bertz CT molecular complexity index is 632. The van der Waals surface area contributed by atoms with E-state index in [4.69, 9.17) is 4.42 Å². The van der Waals surface area contributed by atoms with Gasteiger partial charge in [0.05, 0.1) is 6.54 Å². The third kappa shape index (κ3) is 3.13. The minimum Gasteiger partial charge on any atom is -0.454 e. The van der Waals surface area contributed by atoms with E-state index in [1.54, 1.807) is 27.9 Å². The Morgan fingerprint density at radius 2 is 2.29 bits per heavy atom. The number of amides is 2. The predicted molar refractivity (Wildman–Crippen MR) is 73.6 cm³/mol. The van der Waals surface area contributed by atoms with Gasteiger partial charge in [-0.3, -0.25) is 14.3 Å². The van der Waals surface area contributed by atoms with Gasteiger partial charge < -0.3 is 14.6 Å². The topological polar surface area (TPSA) is 80.4 Å². The highest BCUT2D eigenvalue weighted by molar-refractivity contribution is 5.92. The molecule has 0 saturated carbocycles. The monoisotopic (exact) mass is 288 g/mol. The van der Waals surface area contributed by atoms with E-state index in [1.165, 1.54) is 0 Å². The highest BCUT2D eigenvalue weighted by Crippen LogP contribution is 2.13. The molecule has 1 N–H and O–H groups in total. The van der Waals surface area contributed by atoms with Gasteiger partial charge in [-0.25, -0.2) is 0 Å². The van der Waals surface area contributed by atoms with E-state index in [0.717, 1.165) is 0 Å². The van der Waals surface area contributed by atoms with E-state index >= 15 is 0 Å². The van der Waals surface area contributed by atoms with Crippen LogP contribution in [0.3, 0.4) is 0 Å². The van der Waals surface area contributed by atoms with Crippen molar-refractivity contribution in [3.8, 4) is 0 Å². The quantitative estimate of drug-likeness (QED) is 0.891. The fraction of sp³-hybridized carbons (Fsp3) is 0.357. The number of aromatic nitrogens is 2. The zero-order chi connectivity index (χ0) is 14.7. The fourth-order valence-electron chi connectivity index (χ4n) is 2.26. The van der Waals surface area contributed by atoms with E-state index in [1.807, 2.05) is 12.3 Å². The summed E-state index contributed by atoms with van der Waals surface area (Å²) >= 11 is 0. The van der Waals surface area contributed by atoms with Crippen LogP contribution in [0.15, 0.2) is 35.0 Å². The van der Waals surface area contributed by atoms with E-state index in [9.17, 15) is 9.59 Å². The summed E-state index contributed by atoms with van der Waals surface area (Å²) in [6.07, 6.45) is 3.85. The SMILES string of the molecule is O=C1CCN(C(=O)c2ccc(Cn3cccn3)o2)CCN1. The molecule has 110 valence electrons. The van der Waals surface area contributed by atoms with Crippen LogP contribution in [-0.4, -0.2) is 46.1 Å². The van der Waals surface area contributed by atoms with Crippen molar-refractivity contribution >= 4 is 11.8 Å². The molecule has 1 saturated heterocycles. The standard InChI is InChI=1S/C14H16N4O3/c19-13-4-8-17(9-6-15-13)14(20)12-3-2-11(21-12)10-18-7-1-5-16-18/h1-3,5,7H,4,6,8-10H2,(H,15,19). The zero-order valence-corrected chi connectivity index (χ0v) is 11.5. The molecular weight excluding hydrogens is 272 g/mol.